The summed E-state index contributed by atoms with van der Waals surface area (Å²) in [5.74, 6) is 1.39. The Bertz CT molecular complexity index is 806. The molecular formula is C19H21ClN3O3+. The number of nitrogens with zero attached hydrogens (tertiary/aromatic N) is 1. The second-order valence-corrected chi connectivity index (χ2v) is 6.95. The third-order valence-electron chi connectivity index (χ3n) is 4.71. The van der Waals surface area contributed by atoms with Crippen molar-refractivity contribution in [3.8, 4) is 11.5 Å². The number of hydrogen-bond acceptors (Lipinski definition) is 4. The van der Waals surface area contributed by atoms with Crippen LogP contribution in [0, 0.1) is 0 Å². The van der Waals surface area contributed by atoms with Crippen LogP contribution >= 0.6 is 11.6 Å². The molecule has 2 aromatic carbocycles. The molecule has 6 nitrogen and oxygen atoms in total. The van der Waals surface area contributed by atoms with Crippen molar-refractivity contribution in [3.63, 3.8) is 0 Å². The summed E-state index contributed by atoms with van der Waals surface area (Å²) in [5, 5.41) is 3.69. The summed E-state index contributed by atoms with van der Waals surface area (Å²) >= 11 is 6.07. The highest BCUT2D eigenvalue weighted by molar-refractivity contribution is 6.30. The lowest BCUT2D eigenvalue weighted by molar-refractivity contribution is -0.892. The van der Waals surface area contributed by atoms with E-state index < -0.39 is 0 Å². The molecule has 0 radical (unpaired) electrons. The molecule has 0 unspecified atom stereocenters. The second-order valence-electron chi connectivity index (χ2n) is 6.51. The molecule has 1 fully saturated rings. The summed E-state index contributed by atoms with van der Waals surface area (Å²) in [5.41, 5.74) is 1.87. The van der Waals surface area contributed by atoms with Crippen molar-refractivity contribution in [1.29, 1.82) is 0 Å². The molecule has 2 aromatic rings. The molecule has 0 bridgehead atoms. The zero-order chi connectivity index (χ0) is 17.9. The summed E-state index contributed by atoms with van der Waals surface area (Å²) in [6.45, 7) is 4.34. The van der Waals surface area contributed by atoms with Crippen molar-refractivity contribution in [2.45, 2.75) is 0 Å². The molecule has 2 aliphatic heterocycles. The fourth-order valence-electron chi connectivity index (χ4n) is 3.34. The number of ether oxygens (including phenoxy) is 2. The molecule has 4 rings (SSSR count). The molecule has 1 amide bonds. The molecule has 0 aliphatic carbocycles. The number of hydrogen-bond donors (Lipinski definition) is 2. The van der Waals surface area contributed by atoms with E-state index in [2.05, 4.69) is 16.3 Å². The van der Waals surface area contributed by atoms with Gasteiger partial charge in [-0.2, -0.15) is 0 Å². The van der Waals surface area contributed by atoms with Gasteiger partial charge in [-0.05, 0) is 30.3 Å². The van der Waals surface area contributed by atoms with Crippen molar-refractivity contribution in [3.05, 3.63) is 47.5 Å². The predicted octanol–water partition coefficient (Wildman–Crippen LogP) is 1.41. The number of anilines is 2. The SMILES string of the molecule is O=C(C[NH+]1CCN(c2cccc(Cl)c2)CC1)Nc1ccc2c(c1)OCO2. The topological polar surface area (TPSA) is 55.2 Å². The molecule has 136 valence electrons. The first kappa shape index (κ1) is 17.0. The van der Waals surface area contributed by atoms with Crippen LogP contribution in [-0.4, -0.2) is 45.4 Å². The van der Waals surface area contributed by atoms with E-state index in [-0.39, 0.29) is 12.7 Å². The first-order chi connectivity index (χ1) is 12.7. The Kier molecular flexibility index (Phi) is 4.86. The average Bonchev–Trinajstić information content (AvgIpc) is 3.10. The fraction of sp³-hybridized carbons (Fsp3) is 0.316. The highest BCUT2D eigenvalue weighted by Crippen LogP contribution is 2.34. The molecule has 0 atom stereocenters. The Balaban J connectivity index is 1.28. The number of piperazine rings is 1. The molecule has 2 aliphatic rings. The van der Waals surface area contributed by atoms with E-state index in [1.165, 1.54) is 4.90 Å². The molecule has 1 saturated heterocycles. The van der Waals surface area contributed by atoms with Gasteiger partial charge in [0.1, 0.15) is 0 Å². The first-order valence-corrected chi connectivity index (χ1v) is 9.09. The summed E-state index contributed by atoms with van der Waals surface area (Å²) in [7, 11) is 0. The van der Waals surface area contributed by atoms with E-state index in [9.17, 15) is 4.79 Å². The van der Waals surface area contributed by atoms with Crippen molar-refractivity contribution in [2.75, 3.05) is 49.7 Å². The van der Waals surface area contributed by atoms with Gasteiger partial charge in [0.2, 0.25) is 6.79 Å². The number of nitrogens with one attached hydrogen (secondary N) is 2. The first-order valence-electron chi connectivity index (χ1n) is 8.71. The van der Waals surface area contributed by atoms with Crippen LogP contribution in [0.1, 0.15) is 0 Å². The lowest BCUT2D eigenvalue weighted by Gasteiger charge is -2.33. The zero-order valence-electron chi connectivity index (χ0n) is 14.3. The van der Waals surface area contributed by atoms with E-state index in [0.717, 1.165) is 42.6 Å². The van der Waals surface area contributed by atoms with Crippen molar-refractivity contribution in [2.24, 2.45) is 0 Å². The number of halogens is 1. The zero-order valence-corrected chi connectivity index (χ0v) is 15.1. The number of amides is 1. The van der Waals surface area contributed by atoms with Crippen molar-refractivity contribution >= 4 is 28.9 Å². The molecule has 0 saturated carbocycles. The number of benzene rings is 2. The quantitative estimate of drug-likeness (QED) is 0.849. The minimum absolute atomic E-state index is 0.00932. The maximum absolute atomic E-state index is 12.3. The number of carbonyl (C=O) groups excluding carboxylic acids is 1. The van der Waals surface area contributed by atoms with Gasteiger partial charge in [0.15, 0.2) is 18.0 Å². The molecule has 0 aromatic heterocycles. The minimum Gasteiger partial charge on any atom is -0.454 e. The van der Waals surface area contributed by atoms with Crippen molar-refractivity contribution < 1.29 is 19.2 Å². The molecular weight excluding hydrogens is 354 g/mol. The lowest BCUT2D eigenvalue weighted by atomic mass is 10.2. The Morgan fingerprint density at radius 1 is 1.12 bits per heavy atom. The van der Waals surface area contributed by atoms with E-state index in [0.29, 0.717) is 18.0 Å². The van der Waals surface area contributed by atoms with Gasteiger partial charge < -0.3 is 24.6 Å². The Morgan fingerprint density at radius 3 is 2.73 bits per heavy atom. The normalized spacial score (nSPS) is 16.6. The summed E-state index contributed by atoms with van der Waals surface area (Å²) < 4.78 is 10.6. The summed E-state index contributed by atoms with van der Waals surface area (Å²) in [6, 6.07) is 13.4. The van der Waals surface area contributed by atoms with E-state index in [4.69, 9.17) is 21.1 Å². The fourth-order valence-corrected chi connectivity index (χ4v) is 3.52. The smallest absolute Gasteiger partial charge is 0.279 e. The van der Waals surface area contributed by atoms with Crippen LogP contribution in [0.25, 0.3) is 0 Å². The molecule has 2 heterocycles. The molecule has 0 spiro atoms. The minimum atomic E-state index is 0.00932. The third-order valence-corrected chi connectivity index (χ3v) is 4.95. The largest absolute Gasteiger partial charge is 0.454 e. The average molecular weight is 375 g/mol. The van der Waals surface area contributed by atoms with Crippen LogP contribution < -0.4 is 24.6 Å². The van der Waals surface area contributed by atoms with Crippen LogP contribution in [0.15, 0.2) is 42.5 Å². The van der Waals surface area contributed by atoms with E-state index in [1.54, 1.807) is 6.07 Å². The van der Waals surface area contributed by atoms with Gasteiger partial charge in [0.25, 0.3) is 5.91 Å². The van der Waals surface area contributed by atoms with Crippen LogP contribution in [-0.2, 0) is 4.79 Å². The maximum atomic E-state index is 12.3. The monoisotopic (exact) mass is 374 g/mol. The Hall–Kier alpha value is -2.44. The standard InChI is InChI=1S/C19H20ClN3O3/c20-14-2-1-3-16(10-14)23-8-6-22(7-9-23)12-19(24)21-15-4-5-17-18(11-15)26-13-25-17/h1-5,10-11H,6-9,12-13H2,(H,21,24)/p+1. The lowest BCUT2D eigenvalue weighted by Crippen LogP contribution is -3.15. The van der Waals surface area contributed by atoms with Gasteiger partial charge in [0, 0.05) is 22.5 Å². The van der Waals surface area contributed by atoms with Gasteiger partial charge in [-0.25, -0.2) is 0 Å². The highest BCUT2D eigenvalue weighted by atomic mass is 35.5. The Morgan fingerprint density at radius 2 is 1.92 bits per heavy atom. The van der Waals surface area contributed by atoms with Gasteiger partial charge in [-0.15, -0.1) is 0 Å². The predicted molar refractivity (Wildman–Crippen MR) is 100 cm³/mol. The number of fused-ring (bicyclic) bond motifs is 1. The molecule has 2 N–H and O–H groups in total. The van der Waals surface area contributed by atoms with E-state index >= 15 is 0 Å². The maximum Gasteiger partial charge on any atom is 0.279 e. The number of rotatable bonds is 4. The van der Waals surface area contributed by atoms with Crippen LogP contribution in [0.3, 0.4) is 0 Å². The molecule has 26 heavy (non-hydrogen) atoms. The summed E-state index contributed by atoms with van der Waals surface area (Å²) in [6.07, 6.45) is 0. The van der Waals surface area contributed by atoms with Gasteiger partial charge >= 0.3 is 0 Å². The van der Waals surface area contributed by atoms with Crippen molar-refractivity contribution in [1.82, 2.24) is 0 Å². The molecule has 7 heteroatoms. The van der Waals surface area contributed by atoms with Crippen LogP contribution in [0.2, 0.25) is 5.02 Å². The van der Waals surface area contributed by atoms with Gasteiger partial charge in [0.05, 0.1) is 26.2 Å². The third kappa shape index (κ3) is 3.86. The second kappa shape index (κ2) is 7.43. The summed E-state index contributed by atoms with van der Waals surface area (Å²) in [4.78, 5) is 15.9. The Labute approximate surface area is 157 Å². The number of carbonyl (C=O) groups is 1. The van der Waals surface area contributed by atoms with Gasteiger partial charge in [-0.3, -0.25) is 4.79 Å². The number of quaternary nitrogens is 1. The van der Waals surface area contributed by atoms with Gasteiger partial charge in [-0.1, -0.05) is 17.7 Å². The van der Waals surface area contributed by atoms with E-state index in [1.807, 2.05) is 30.3 Å². The van der Waals surface area contributed by atoms with Crippen LogP contribution in [0.5, 0.6) is 11.5 Å². The van der Waals surface area contributed by atoms with Crippen LogP contribution in [0.4, 0.5) is 11.4 Å². The highest BCUT2D eigenvalue weighted by Gasteiger charge is 2.23.